The number of para-hydroxylation sites is 1. The van der Waals surface area contributed by atoms with Gasteiger partial charge in [0.1, 0.15) is 5.75 Å². The third-order valence-electron chi connectivity index (χ3n) is 4.37. The number of likely N-dealkylation sites (tertiary alicyclic amines) is 1. The number of rotatable bonds is 8. The van der Waals surface area contributed by atoms with E-state index in [-0.39, 0.29) is 18.6 Å². The van der Waals surface area contributed by atoms with Gasteiger partial charge < -0.3 is 4.74 Å². The molecular formula is C19H23NO4S. The SMILES string of the molecule is CS(=O)(=O)OC[C@@H]1[C@@H](COc2ccccc2)CN1Cc1ccccc1. The second kappa shape index (κ2) is 7.99. The van der Waals surface area contributed by atoms with E-state index in [9.17, 15) is 8.42 Å². The highest BCUT2D eigenvalue weighted by molar-refractivity contribution is 7.85. The molecule has 5 nitrogen and oxygen atoms in total. The highest BCUT2D eigenvalue weighted by atomic mass is 32.2. The van der Waals surface area contributed by atoms with Crippen molar-refractivity contribution >= 4 is 10.1 Å². The number of nitrogens with zero attached hydrogens (tertiary/aromatic N) is 1. The van der Waals surface area contributed by atoms with Gasteiger partial charge in [0.15, 0.2) is 0 Å². The van der Waals surface area contributed by atoms with Crippen molar-refractivity contribution in [3.63, 3.8) is 0 Å². The summed E-state index contributed by atoms with van der Waals surface area (Å²) in [4.78, 5) is 2.24. The summed E-state index contributed by atoms with van der Waals surface area (Å²) in [5.74, 6) is 1.07. The minimum Gasteiger partial charge on any atom is -0.493 e. The van der Waals surface area contributed by atoms with Crippen LogP contribution in [0.2, 0.25) is 0 Å². The van der Waals surface area contributed by atoms with Crippen LogP contribution in [0.3, 0.4) is 0 Å². The molecule has 0 aliphatic carbocycles. The van der Waals surface area contributed by atoms with Gasteiger partial charge in [-0.15, -0.1) is 0 Å². The standard InChI is InChI=1S/C19H23NO4S/c1-25(21,22)24-15-19-17(14-23-18-10-6-3-7-11-18)13-20(19)12-16-8-4-2-5-9-16/h2-11,17,19H,12-15H2,1H3/t17-,19-/m1/s1. The van der Waals surface area contributed by atoms with Crippen LogP contribution in [-0.2, 0) is 20.8 Å². The first-order valence-electron chi connectivity index (χ1n) is 8.31. The fourth-order valence-electron chi connectivity index (χ4n) is 3.04. The molecule has 0 radical (unpaired) electrons. The van der Waals surface area contributed by atoms with Crippen LogP contribution in [0.5, 0.6) is 5.75 Å². The Morgan fingerprint density at radius 1 is 1.00 bits per heavy atom. The van der Waals surface area contributed by atoms with Gasteiger partial charge in [-0.05, 0) is 17.7 Å². The number of benzene rings is 2. The Labute approximate surface area is 149 Å². The van der Waals surface area contributed by atoms with Gasteiger partial charge in [0, 0.05) is 25.0 Å². The molecule has 0 bridgehead atoms. The van der Waals surface area contributed by atoms with E-state index in [4.69, 9.17) is 8.92 Å². The predicted octanol–water partition coefficient (Wildman–Crippen LogP) is 2.54. The zero-order valence-electron chi connectivity index (χ0n) is 14.2. The zero-order chi connectivity index (χ0) is 17.7. The molecular weight excluding hydrogens is 338 g/mol. The van der Waals surface area contributed by atoms with E-state index in [1.165, 1.54) is 5.56 Å². The molecule has 25 heavy (non-hydrogen) atoms. The predicted molar refractivity (Wildman–Crippen MR) is 96.9 cm³/mol. The van der Waals surface area contributed by atoms with Crippen molar-refractivity contribution in [1.29, 1.82) is 0 Å². The second-order valence-electron chi connectivity index (χ2n) is 6.36. The minimum atomic E-state index is -3.45. The normalized spacial score (nSPS) is 20.8. The van der Waals surface area contributed by atoms with Crippen molar-refractivity contribution in [2.45, 2.75) is 12.6 Å². The molecule has 6 heteroatoms. The van der Waals surface area contributed by atoms with Crippen LogP contribution in [0.25, 0.3) is 0 Å². The van der Waals surface area contributed by atoms with Gasteiger partial charge in [-0.2, -0.15) is 8.42 Å². The van der Waals surface area contributed by atoms with Gasteiger partial charge in [-0.3, -0.25) is 9.08 Å². The summed E-state index contributed by atoms with van der Waals surface area (Å²) in [5, 5.41) is 0. The number of hydrogen-bond donors (Lipinski definition) is 0. The first-order valence-corrected chi connectivity index (χ1v) is 10.1. The Morgan fingerprint density at radius 2 is 1.64 bits per heavy atom. The van der Waals surface area contributed by atoms with E-state index >= 15 is 0 Å². The zero-order valence-corrected chi connectivity index (χ0v) is 15.1. The van der Waals surface area contributed by atoms with Crippen molar-refractivity contribution in [2.24, 2.45) is 5.92 Å². The lowest BCUT2D eigenvalue weighted by atomic mass is 9.89. The topological polar surface area (TPSA) is 55.8 Å². The van der Waals surface area contributed by atoms with Gasteiger partial charge in [-0.25, -0.2) is 0 Å². The number of hydrogen-bond acceptors (Lipinski definition) is 5. The Bertz CT molecular complexity index is 765. The van der Waals surface area contributed by atoms with Gasteiger partial charge >= 0.3 is 0 Å². The number of ether oxygens (including phenoxy) is 1. The smallest absolute Gasteiger partial charge is 0.264 e. The minimum absolute atomic E-state index is 0.0265. The van der Waals surface area contributed by atoms with Crippen molar-refractivity contribution in [3.8, 4) is 5.75 Å². The van der Waals surface area contributed by atoms with Gasteiger partial charge in [0.2, 0.25) is 0 Å². The Balaban J connectivity index is 1.60. The first kappa shape index (κ1) is 17.9. The molecule has 1 saturated heterocycles. The highest BCUT2D eigenvalue weighted by Gasteiger charge is 2.40. The van der Waals surface area contributed by atoms with Gasteiger partial charge in [0.25, 0.3) is 10.1 Å². The Morgan fingerprint density at radius 3 is 2.28 bits per heavy atom. The molecule has 0 N–H and O–H groups in total. The fraction of sp³-hybridized carbons (Fsp3) is 0.368. The van der Waals surface area contributed by atoms with Crippen LogP contribution in [0.1, 0.15) is 5.56 Å². The maximum atomic E-state index is 11.4. The molecule has 0 amide bonds. The fourth-order valence-corrected chi connectivity index (χ4v) is 3.42. The third-order valence-corrected chi connectivity index (χ3v) is 4.94. The van der Waals surface area contributed by atoms with E-state index in [0.717, 1.165) is 25.1 Å². The monoisotopic (exact) mass is 361 g/mol. The quantitative estimate of drug-likeness (QED) is 0.677. The molecule has 134 valence electrons. The summed E-state index contributed by atoms with van der Waals surface area (Å²) in [6.45, 7) is 2.35. The molecule has 2 atom stereocenters. The highest BCUT2D eigenvalue weighted by Crippen LogP contribution is 2.28. The van der Waals surface area contributed by atoms with Crippen molar-refractivity contribution < 1.29 is 17.3 Å². The van der Waals surface area contributed by atoms with Gasteiger partial charge in [-0.1, -0.05) is 48.5 Å². The lowest BCUT2D eigenvalue weighted by Crippen LogP contribution is -2.59. The molecule has 1 heterocycles. The van der Waals surface area contributed by atoms with Crippen LogP contribution in [0.15, 0.2) is 60.7 Å². The molecule has 1 fully saturated rings. The Kier molecular flexibility index (Phi) is 5.73. The maximum Gasteiger partial charge on any atom is 0.264 e. The second-order valence-corrected chi connectivity index (χ2v) is 8.00. The molecule has 0 aromatic heterocycles. The maximum absolute atomic E-state index is 11.4. The summed E-state index contributed by atoms with van der Waals surface area (Å²) in [6, 6.07) is 19.8. The van der Waals surface area contributed by atoms with Gasteiger partial charge in [0.05, 0.1) is 19.5 Å². The van der Waals surface area contributed by atoms with E-state index in [1.54, 1.807) is 0 Å². The molecule has 3 rings (SSSR count). The van der Waals surface area contributed by atoms with Crippen LogP contribution >= 0.6 is 0 Å². The average Bonchev–Trinajstić information content (AvgIpc) is 2.58. The summed E-state index contributed by atoms with van der Waals surface area (Å²) >= 11 is 0. The summed E-state index contributed by atoms with van der Waals surface area (Å²) < 4.78 is 33.6. The van der Waals surface area contributed by atoms with Crippen molar-refractivity contribution in [2.75, 3.05) is 26.0 Å². The van der Waals surface area contributed by atoms with Crippen LogP contribution < -0.4 is 4.74 Å². The molecule has 0 saturated carbocycles. The molecule has 0 spiro atoms. The van der Waals surface area contributed by atoms with Crippen molar-refractivity contribution in [1.82, 2.24) is 4.90 Å². The first-order chi connectivity index (χ1) is 12.0. The molecule has 0 unspecified atom stereocenters. The largest absolute Gasteiger partial charge is 0.493 e. The molecule has 2 aromatic rings. The molecule has 1 aliphatic rings. The van der Waals surface area contributed by atoms with E-state index in [1.807, 2.05) is 48.5 Å². The van der Waals surface area contributed by atoms with E-state index in [0.29, 0.717) is 6.61 Å². The summed E-state index contributed by atoms with van der Waals surface area (Å²) in [6.07, 6.45) is 1.09. The Hall–Kier alpha value is -1.89. The lowest BCUT2D eigenvalue weighted by molar-refractivity contribution is -0.0385. The molecule has 1 aliphatic heterocycles. The molecule has 2 aromatic carbocycles. The summed E-state index contributed by atoms with van der Waals surface area (Å²) in [5.41, 5.74) is 1.20. The van der Waals surface area contributed by atoms with E-state index < -0.39 is 10.1 Å². The lowest BCUT2D eigenvalue weighted by Gasteiger charge is -2.47. The average molecular weight is 361 g/mol. The van der Waals surface area contributed by atoms with Crippen LogP contribution in [0, 0.1) is 5.92 Å². The third kappa shape index (κ3) is 5.29. The van der Waals surface area contributed by atoms with Crippen LogP contribution in [-0.4, -0.2) is 45.4 Å². The summed E-state index contributed by atoms with van der Waals surface area (Å²) in [7, 11) is -3.45. The van der Waals surface area contributed by atoms with E-state index in [2.05, 4.69) is 17.0 Å². The van der Waals surface area contributed by atoms with Crippen LogP contribution in [0.4, 0.5) is 0 Å². The van der Waals surface area contributed by atoms with Crippen molar-refractivity contribution in [3.05, 3.63) is 66.2 Å².